The topological polar surface area (TPSA) is 77.8 Å². The molecule has 0 saturated heterocycles. The fourth-order valence-electron chi connectivity index (χ4n) is 5.08. The van der Waals surface area contributed by atoms with Crippen molar-refractivity contribution in [3.8, 4) is 17.0 Å². The zero-order valence-corrected chi connectivity index (χ0v) is 18.7. The number of hydrogen-bond acceptors (Lipinski definition) is 5. The lowest BCUT2D eigenvalue weighted by molar-refractivity contribution is 0.0521. The third-order valence-corrected chi connectivity index (χ3v) is 7.20. The van der Waals surface area contributed by atoms with Crippen LogP contribution in [0.25, 0.3) is 11.3 Å². The molecule has 2 heterocycles. The normalized spacial score (nSPS) is 17.9. The second-order valence-electron chi connectivity index (χ2n) is 9.48. The Bertz CT molecular complexity index is 1090. The third-order valence-electron chi connectivity index (χ3n) is 7.20. The molecular weight excluding hydrogens is 406 g/mol. The van der Waals surface area contributed by atoms with Crippen molar-refractivity contribution in [2.75, 3.05) is 19.8 Å². The van der Waals surface area contributed by atoms with Crippen molar-refractivity contribution in [2.45, 2.75) is 63.8 Å². The number of aryl methyl sites for hydroxylation is 1. The molecule has 2 aromatic rings. The van der Waals surface area contributed by atoms with E-state index in [0.29, 0.717) is 12.3 Å². The molecule has 170 valence electrons. The smallest absolute Gasteiger partial charge is 0.343 e. The quantitative estimate of drug-likeness (QED) is 0.635. The van der Waals surface area contributed by atoms with Gasteiger partial charge in [-0.1, -0.05) is 0 Å². The van der Waals surface area contributed by atoms with Gasteiger partial charge >= 0.3 is 5.97 Å². The molecule has 1 aromatic heterocycles. The molecule has 2 fully saturated rings. The first-order chi connectivity index (χ1) is 15.5. The van der Waals surface area contributed by atoms with Gasteiger partial charge in [0.05, 0.1) is 18.9 Å². The number of aromatic nitrogens is 1. The van der Waals surface area contributed by atoms with E-state index in [1.165, 1.54) is 18.4 Å². The van der Waals surface area contributed by atoms with Crippen LogP contribution in [-0.4, -0.2) is 35.5 Å². The number of esters is 1. The maximum Gasteiger partial charge on any atom is 0.343 e. The summed E-state index contributed by atoms with van der Waals surface area (Å²) in [6, 6.07) is 5.90. The van der Waals surface area contributed by atoms with E-state index in [-0.39, 0.29) is 29.7 Å². The van der Waals surface area contributed by atoms with Gasteiger partial charge < -0.3 is 19.1 Å². The zero-order chi connectivity index (χ0) is 22.3. The van der Waals surface area contributed by atoms with Gasteiger partial charge in [-0.25, -0.2) is 4.79 Å². The number of nitrogens with zero attached hydrogens (tertiary/aromatic N) is 1. The summed E-state index contributed by atoms with van der Waals surface area (Å²) in [5.41, 5.74) is 3.86. The van der Waals surface area contributed by atoms with Crippen molar-refractivity contribution in [3.63, 3.8) is 0 Å². The molecule has 32 heavy (non-hydrogen) atoms. The Labute approximate surface area is 188 Å². The first-order valence-electron chi connectivity index (χ1n) is 11.9. The van der Waals surface area contributed by atoms with Crippen molar-refractivity contribution < 1.29 is 19.4 Å². The van der Waals surface area contributed by atoms with E-state index >= 15 is 0 Å². The van der Waals surface area contributed by atoms with Crippen molar-refractivity contribution in [3.05, 3.63) is 51.3 Å². The predicted molar refractivity (Wildman–Crippen MR) is 121 cm³/mol. The maximum absolute atomic E-state index is 12.9. The lowest BCUT2D eigenvalue weighted by Gasteiger charge is -2.49. The van der Waals surface area contributed by atoms with Crippen LogP contribution in [0.1, 0.15) is 66.9 Å². The van der Waals surface area contributed by atoms with Crippen molar-refractivity contribution in [1.82, 2.24) is 4.57 Å². The van der Waals surface area contributed by atoms with E-state index in [1.807, 2.05) is 0 Å². The molecule has 0 atom stereocenters. The molecule has 1 spiro atoms. The molecule has 2 saturated carbocycles. The minimum atomic E-state index is -0.555. The lowest BCUT2D eigenvalue weighted by Crippen LogP contribution is -2.46. The standard InChI is InChI=1S/C26H31NO5/c1-2-31-25(30)21-15-27-22(13-23(21)29)20-11-18(5-3-10-28)24(32-16-17-6-7-17)12-19(20)14-26(27)8-4-9-26/h11-13,15,17,28H,2-10,14,16H2,1H3. The second kappa shape index (κ2) is 8.39. The summed E-state index contributed by atoms with van der Waals surface area (Å²) in [7, 11) is 0. The van der Waals surface area contributed by atoms with E-state index in [0.717, 1.165) is 61.3 Å². The number of carbonyl (C=O) groups is 1. The highest BCUT2D eigenvalue weighted by molar-refractivity contribution is 5.89. The largest absolute Gasteiger partial charge is 0.493 e. The Balaban J connectivity index is 1.61. The Morgan fingerprint density at radius 3 is 2.72 bits per heavy atom. The highest BCUT2D eigenvalue weighted by Gasteiger charge is 2.43. The summed E-state index contributed by atoms with van der Waals surface area (Å²) in [6.45, 7) is 2.86. The summed E-state index contributed by atoms with van der Waals surface area (Å²) >= 11 is 0. The van der Waals surface area contributed by atoms with Gasteiger partial charge in [-0.3, -0.25) is 4.79 Å². The Morgan fingerprint density at radius 2 is 2.06 bits per heavy atom. The molecule has 0 amide bonds. The summed E-state index contributed by atoms with van der Waals surface area (Å²) in [5.74, 6) is 1.02. The van der Waals surface area contributed by atoms with Crippen LogP contribution in [0.2, 0.25) is 0 Å². The molecule has 5 rings (SSSR count). The average Bonchev–Trinajstić information content (AvgIpc) is 3.58. The molecule has 2 aliphatic carbocycles. The summed E-state index contributed by atoms with van der Waals surface area (Å²) in [5, 5.41) is 9.38. The zero-order valence-electron chi connectivity index (χ0n) is 18.7. The molecule has 0 unspecified atom stereocenters. The SMILES string of the molecule is CCOC(=O)c1cn2c(cc1=O)-c1cc(CCCO)c(OCC3CC3)cc1CC21CCC1. The Morgan fingerprint density at radius 1 is 1.25 bits per heavy atom. The molecule has 3 aliphatic rings. The van der Waals surface area contributed by atoms with Gasteiger partial charge in [-0.15, -0.1) is 0 Å². The van der Waals surface area contributed by atoms with Crippen LogP contribution >= 0.6 is 0 Å². The molecule has 1 aliphatic heterocycles. The van der Waals surface area contributed by atoms with Crippen molar-refractivity contribution >= 4 is 5.97 Å². The molecule has 0 bridgehead atoms. The fraction of sp³-hybridized carbons (Fsp3) is 0.538. The van der Waals surface area contributed by atoms with Gasteiger partial charge in [0.1, 0.15) is 11.3 Å². The molecule has 1 aromatic carbocycles. The first kappa shape index (κ1) is 21.3. The van der Waals surface area contributed by atoms with Gasteiger partial charge in [0.15, 0.2) is 5.43 Å². The lowest BCUT2D eigenvalue weighted by atomic mass is 9.69. The number of aliphatic hydroxyl groups is 1. The van der Waals surface area contributed by atoms with Crippen LogP contribution in [0.3, 0.4) is 0 Å². The summed E-state index contributed by atoms with van der Waals surface area (Å²) in [4.78, 5) is 25.3. The van der Waals surface area contributed by atoms with E-state index < -0.39 is 5.97 Å². The number of benzene rings is 1. The van der Waals surface area contributed by atoms with E-state index in [2.05, 4.69) is 16.7 Å². The number of ether oxygens (including phenoxy) is 2. The number of rotatable bonds is 8. The predicted octanol–water partition coefficient (Wildman–Crippen LogP) is 3.84. The second-order valence-corrected chi connectivity index (χ2v) is 9.48. The minimum absolute atomic E-state index is 0.0995. The van der Waals surface area contributed by atoms with Crippen LogP contribution in [0.5, 0.6) is 5.75 Å². The van der Waals surface area contributed by atoms with Crippen LogP contribution < -0.4 is 10.2 Å². The Hall–Kier alpha value is -2.60. The van der Waals surface area contributed by atoms with Gasteiger partial charge in [0, 0.05) is 30.0 Å². The molecule has 1 N–H and O–H groups in total. The minimum Gasteiger partial charge on any atom is -0.493 e. The maximum atomic E-state index is 12.9. The monoisotopic (exact) mass is 437 g/mol. The number of hydrogen-bond donors (Lipinski definition) is 1. The summed E-state index contributed by atoms with van der Waals surface area (Å²) in [6.07, 6.45) is 9.62. The number of carbonyl (C=O) groups excluding carboxylic acids is 1. The number of pyridine rings is 1. The fourth-order valence-corrected chi connectivity index (χ4v) is 5.08. The molecule has 6 heteroatoms. The highest BCUT2D eigenvalue weighted by Crippen LogP contribution is 2.50. The molecular formula is C26H31NO5. The molecule has 6 nitrogen and oxygen atoms in total. The highest BCUT2D eigenvalue weighted by atomic mass is 16.5. The number of aliphatic hydroxyl groups excluding tert-OH is 1. The van der Waals surface area contributed by atoms with Gasteiger partial charge in [-0.2, -0.15) is 0 Å². The number of fused-ring (bicyclic) bond motifs is 4. The average molecular weight is 438 g/mol. The van der Waals surface area contributed by atoms with Crippen LogP contribution in [0, 0.1) is 5.92 Å². The van der Waals surface area contributed by atoms with Gasteiger partial charge in [-0.05, 0) is 87.5 Å². The van der Waals surface area contributed by atoms with E-state index in [4.69, 9.17) is 9.47 Å². The van der Waals surface area contributed by atoms with Gasteiger partial charge in [0.25, 0.3) is 0 Å². The first-order valence-corrected chi connectivity index (χ1v) is 11.9. The van der Waals surface area contributed by atoms with E-state index in [1.54, 1.807) is 19.2 Å². The van der Waals surface area contributed by atoms with E-state index in [9.17, 15) is 14.7 Å². The van der Waals surface area contributed by atoms with Crippen molar-refractivity contribution in [2.24, 2.45) is 5.92 Å². The van der Waals surface area contributed by atoms with Crippen LogP contribution in [0.4, 0.5) is 0 Å². The Kier molecular flexibility index (Phi) is 5.58. The molecule has 0 radical (unpaired) electrons. The van der Waals surface area contributed by atoms with Crippen LogP contribution in [0.15, 0.2) is 29.2 Å². The van der Waals surface area contributed by atoms with Crippen molar-refractivity contribution in [1.29, 1.82) is 0 Å². The summed E-state index contributed by atoms with van der Waals surface area (Å²) < 4.78 is 13.5. The van der Waals surface area contributed by atoms with Gasteiger partial charge in [0.2, 0.25) is 0 Å². The third kappa shape index (κ3) is 3.75. The van der Waals surface area contributed by atoms with Crippen LogP contribution in [-0.2, 0) is 23.1 Å².